The van der Waals surface area contributed by atoms with E-state index in [1.54, 1.807) is 13.2 Å². The highest BCUT2D eigenvalue weighted by Gasteiger charge is 2.16. The second-order valence-electron chi connectivity index (χ2n) is 4.16. The van der Waals surface area contributed by atoms with Gasteiger partial charge in [-0.05, 0) is 36.2 Å². The van der Waals surface area contributed by atoms with E-state index in [2.05, 4.69) is 31.9 Å². The van der Waals surface area contributed by atoms with Gasteiger partial charge < -0.3 is 4.74 Å². The van der Waals surface area contributed by atoms with Gasteiger partial charge in [0.15, 0.2) is 0 Å². The molecule has 0 aromatic heterocycles. The van der Waals surface area contributed by atoms with Crippen LogP contribution in [-0.4, -0.2) is 7.11 Å². The van der Waals surface area contributed by atoms with Crippen molar-refractivity contribution < 1.29 is 9.13 Å². The first-order valence-electron chi connectivity index (χ1n) is 5.82. The first kappa shape index (κ1) is 14.5. The first-order valence-corrected chi connectivity index (χ1v) is 7.53. The van der Waals surface area contributed by atoms with E-state index in [0.29, 0.717) is 12.0 Å². The van der Waals surface area contributed by atoms with Crippen LogP contribution < -0.4 is 4.74 Å². The molecule has 0 amide bonds. The van der Waals surface area contributed by atoms with Gasteiger partial charge in [-0.15, -0.1) is 0 Å². The minimum Gasteiger partial charge on any atom is -0.497 e. The summed E-state index contributed by atoms with van der Waals surface area (Å²) in [6, 6.07) is 12.8. The molecule has 2 rings (SSSR count). The molecular formula is C15H13Br2FO. The molecular weight excluding hydrogens is 375 g/mol. The van der Waals surface area contributed by atoms with Crippen LogP contribution in [0.4, 0.5) is 4.39 Å². The van der Waals surface area contributed by atoms with E-state index >= 15 is 0 Å². The molecule has 0 aliphatic heterocycles. The molecule has 2 aromatic carbocycles. The van der Waals surface area contributed by atoms with Crippen LogP contribution in [0, 0.1) is 5.82 Å². The Morgan fingerprint density at radius 3 is 2.63 bits per heavy atom. The molecule has 1 atom stereocenters. The third kappa shape index (κ3) is 3.57. The lowest BCUT2D eigenvalue weighted by molar-refractivity contribution is 0.414. The van der Waals surface area contributed by atoms with E-state index in [1.165, 1.54) is 6.07 Å². The van der Waals surface area contributed by atoms with Crippen LogP contribution in [0.15, 0.2) is 46.9 Å². The van der Waals surface area contributed by atoms with Crippen LogP contribution in [0.2, 0.25) is 0 Å². The molecule has 4 heteroatoms. The standard InChI is InChI=1S/C15H13Br2FO/c1-19-11-5-2-4-10(8-11)9-13(17)15-12(16)6-3-7-14(15)18/h2-8,13H,9H2,1H3. The van der Waals surface area contributed by atoms with Crippen molar-refractivity contribution >= 4 is 31.9 Å². The zero-order chi connectivity index (χ0) is 13.8. The van der Waals surface area contributed by atoms with Crippen molar-refractivity contribution in [2.24, 2.45) is 0 Å². The summed E-state index contributed by atoms with van der Waals surface area (Å²) in [6.07, 6.45) is 0.691. The summed E-state index contributed by atoms with van der Waals surface area (Å²) in [5.41, 5.74) is 1.74. The summed E-state index contributed by atoms with van der Waals surface area (Å²) in [6.45, 7) is 0. The topological polar surface area (TPSA) is 9.23 Å². The van der Waals surface area contributed by atoms with Crippen molar-refractivity contribution in [3.05, 3.63) is 63.9 Å². The van der Waals surface area contributed by atoms with Crippen LogP contribution in [0.1, 0.15) is 16.0 Å². The van der Waals surface area contributed by atoms with Gasteiger partial charge >= 0.3 is 0 Å². The van der Waals surface area contributed by atoms with Gasteiger partial charge in [0.25, 0.3) is 0 Å². The van der Waals surface area contributed by atoms with Gasteiger partial charge in [0.05, 0.1) is 7.11 Å². The summed E-state index contributed by atoms with van der Waals surface area (Å²) in [4.78, 5) is -0.0878. The molecule has 0 fully saturated rings. The van der Waals surface area contributed by atoms with Crippen molar-refractivity contribution in [1.82, 2.24) is 0 Å². The molecule has 2 aromatic rings. The van der Waals surface area contributed by atoms with Crippen LogP contribution in [0.25, 0.3) is 0 Å². The molecule has 0 radical (unpaired) electrons. The lowest BCUT2D eigenvalue weighted by Crippen LogP contribution is -2.00. The first-order chi connectivity index (χ1) is 9.11. The fourth-order valence-corrected chi connectivity index (χ4v) is 3.68. The monoisotopic (exact) mass is 386 g/mol. The molecule has 19 heavy (non-hydrogen) atoms. The fraction of sp³-hybridized carbons (Fsp3) is 0.200. The van der Waals surface area contributed by atoms with Crippen LogP contribution in [0.5, 0.6) is 5.75 Å². The van der Waals surface area contributed by atoms with E-state index < -0.39 is 0 Å². The van der Waals surface area contributed by atoms with E-state index in [4.69, 9.17) is 4.74 Å². The maximum absolute atomic E-state index is 13.9. The van der Waals surface area contributed by atoms with E-state index in [9.17, 15) is 4.39 Å². The van der Waals surface area contributed by atoms with Gasteiger partial charge in [0, 0.05) is 14.9 Å². The minimum atomic E-state index is -0.209. The van der Waals surface area contributed by atoms with E-state index in [1.807, 2.05) is 30.3 Å². The van der Waals surface area contributed by atoms with Crippen LogP contribution in [-0.2, 0) is 6.42 Å². The van der Waals surface area contributed by atoms with Crippen molar-refractivity contribution in [2.45, 2.75) is 11.2 Å². The van der Waals surface area contributed by atoms with E-state index in [0.717, 1.165) is 15.8 Å². The highest BCUT2D eigenvalue weighted by molar-refractivity contribution is 9.11. The molecule has 1 unspecified atom stereocenters. The van der Waals surface area contributed by atoms with Gasteiger partial charge in [-0.3, -0.25) is 0 Å². The van der Waals surface area contributed by atoms with Crippen molar-refractivity contribution in [1.29, 1.82) is 0 Å². The smallest absolute Gasteiger partial charge is 0.128 e. The van der Waals surface area contributed by atoms with E-state index in [-0.39, 0.29) is 10.6 Å². The lowest BCUT2D eigenvalue weighted by atomic mass is 10.0. The number of rotatable bonds is 4. The Morgan fingerprint density at radius 2 is 1.95 bits per heavy atom. The third-order valence-corrected chi connectivity index (χ3v) is 4.34. The minimum absolute atomic E-state index is 0.0878. The quantitative estimate of drug-likeness (QED) is 0.649. The number of hydrogen-bond donors (Lipinski definition) is 0. The highest BCUT2D eigenvalue weighted by Crippen LogP contribution is 2.34. The summed E-state index contributed by atoms with van der Waals surface area (Å²) in [5.74, 6) is 0.601. The molecule has 0 aliphatic carbocycles. The molecule has 0 N–H and O–H groups in total. The zero-order valence-corrected chi connectivity index (χ0v) is 13.5. The Labute approximate surface area is 129 Å². The Balaban J connectivity index is 2.23. The number of benzene rings is 2. The normalized spacial score (nSPS) is 12.2. The number of hydrogen-bond acceptors (Lipinski definition) is 1. The number of methoxy groups -OCH3 is 1. The average Bonchev–Trinajstić information content (AvgIpc) is 2.38. The van der Waals surface area contributed by atoms with Gasteiger partial charge in [-0.25, -0.2) is 4.39 Å². The van der Waals surface area contributed by atoms with Gasteiger partial charge in [-0.1, -0.05) is 50.1 Å². The largest absolute Gasteiger partial charge is 0.497 e. The fourth-order valence-electron chi connectivity index (χ4n) is 1.92. The average molecular weight is 388 g/mol. The SMILES string of the molecule is COc1cccc(CC(Br)c2c(F)cccc2Br)c1. The van der Waals surface area contributed by atoms with Crippen LogP contribution >= 0.6 is 31.9 Å². The predicted octanol–water partition coefficient (Wildman–Crippen LogP) is 5.28. The summed E-state index contributed by atoms with van der Waals surface area (Å²) in [5, 5.41) is 0. The third-order valence-electron chi connectivity index (χ3n) is 2.86. The Bertz CT molecular complexity index is 552. The maximum atomic E-state index is 13.9. The second-order valence-corrected chi connectivity index (χ2v) is 6.12. The molecule has 0 aliphatic rings. The van der Waals surface area contributed by atoms with Gasteiger partial charge in [0.2, 0.25) is 0 Å². The summed E-state index contributed by atoms with van der Waals surface area (Å²) < 4.78 is 19.8. The molecule has 0 saturated heterocycles. The van der Waals surface area contributed by atoms with Crippen LogP contribution in [0.3, 0.4) is 0 Å². The molecule has 100 valence electrons. The van der Waals surface area contributed by atoms with Crippen molar-refractivity contribution in [2.75, 3.05) is 7.11 Å². The Morgan fingerprint density at radius 1 is 1.21 bits per heavy atom. The number of halogens is 3. The Hall–Kier alpha value is -0.870. The number of alkyl halides is 1. The zero-order valence-electron chi connectivity index (χ0n) is 10.4. The van der Waals surface area contributed by atoms with Crippen molar-refractivity contribution in [3.63, 3.8) is 0 Å². The summed E-state index contributed by atoms with van der Waals surface area (Å²) >= 11 is 6.95. The van der Waals surface area contributed by atoms with Gasteiger partial charge in [0.1, 0.15) is 11.6 Å². The van der Waals surface area contributed by atoms with Crippen molar-refractivity contribution in [3.8, 4) is 5.75 Å². The molecule has 0 saturated carbocycles. The van der Waals surface area contributed by atoms with Gasteiger partial charge in [-0.2, -0.15) is 0 Å². The highest BCUT2D eigenvalue weighted by atomic mass is 79.9. The molecule has 0 heterocycles. The predicted molar refractivity (Wildman–Crippen MR) is 82.5 cm³/mol. The molecule has 1 nitrogen and oxygen atoms in total. The molecule has 0 bridgehead atoms. The maximum Gasteiger partial charge on any atom is 0.128 e. The number of ether oxygens (including phenoxy) is 1. The lowest BCUT2D eigenvalue weighted by Gasteiger charge is -2.14. The Kier molecular flexibility index (Phi) is 4.99. The summed E-state index contributed by atoms with van der Waals surface area (Å²) in [7, 11) is 1.64. The second kappa shape index (κ2) is 6.53. The molecule has 0 spiro atoms.